The molecule has 1 fully saturated rings. The third kappa shape index (κ3) is 4.88. The van der Waals surface area contributed by atoms with Gasteiger partial charge in [0, 0.05) is 55.7 Å². The van der Waals surface area contributed by atoms with E-state index in [1.54, 1.807) is 25.1 Å². The predicted molar refractivity (Wildman–Crippen MR) is 142 cm³/mol. The number of rotatable bonds is 6. The van der Waals surface area contributed by atoms with Crippen LogP contribution >= 0.6 is 11.6 Å². The molecule has 1 saturated heterocycles. The van der Waals surface area contributed by atoms with E-state index in [0.717, 1.165) is 18.0 Å². The van der Waals surface area contributed by atoms with Gasteiger partial charge in [-0.3, -0.25) is 14.7 Å². The summed E-state index contributed by atoms with van der Waals surface area (Å²) in [5.41, 5.74) is 1.07. The van der Waals surface area contributed by atoms with E-state index in [2.05, 4.69) is 15.2 Å². The Morgan fingerprint density at radius 3 is 2.55 bits per heavy atom. The Labute approximate surface area is 224 Å². The van der Waals surface area contributed by atoms with Crippen molar-refractivity contribution >= 4 is 40.5 Å². The van der Waals surface area contributed by atoms with Gasteiger partial charge in [0.1, 0.15) is 11.5 Å². The molecule has 196 valence electrons. The smallest absolute Gasteiger partial charge is 0.334 e. The highest BCUT2D eigenvalue weighted by atomic mass is 35.5. The minimum Gasteiger partial charge on any atom is -0.384 e. The molecule has 2 aliphatic heterocycles. The van der Waals surface area contributed by atoms with Crippen molar-refractivity contribution in [1.82, 2.24) is 9.88 Å². The molecule has 0 spiro atoms. The van der Waals surface area contributed by atoms with Gasteiger partial charge < -0.3 is 10.1 Å². The van der Waals surface area contributed by atoms with Gasteiger partial charge in [0.2, 0.25) is 0 Å². The van der Waals surface area contributed by atoms with Gasteiger partial charge in [-0.1, -0.05) is 17.7 Å². The SMILES string of the molecule is CCN1C(=O)N(c2c(F)cc(NCCN3CCOCC3)cc2F)c2cc(C#N)ccc2-c2cc(Cl)cnc21. The second-order valence-electron chi connectivity index (χ2n) is 8.90. The van der Waals surface area contributed by atoms with E-state index < -0.39 is 23.4 Å². The molecule has 8 nitrogen and oxygen atoms in total. The second-order valence-corrected chi connectivity index (χ2v) is 9.34. The summed E-state index contributed by atoms with van der Waals surface area (Å²) in [6.07, 6.45) is 1.41. The third-order valence-corrected chi connectivity index (χ3v) is 6.79. The molecule has 0 saturated carbocycles. The lowest BCUT2D eigenvalue weighted by molar-refractivity contribution is 0.0398. The monoisotopic (exact) mass is 538 g/mol. The number of aromatic nitrogens is 1. The number of halogens is 3. The zero-order valence-corrected chi connectivity index (χ0v) is 21.4. The quantitative estimate of drug-likeness (QED) is 0.453. The molecule has 0 atom stereocenters. The van der Waals surface area contributed by atoms with Crippen LogP contribution in [0.5, 0.6) is 0 Å². The van der Waals surface area contributed by atoms with Crippen LogP contribution in [0.4, 0.5) is 36.5 Å². The summed E-state index contributed by atoms with van der Waals surface area (Å²) in [5, 5.41) is 12.9. The van der Waals surface area contributed by atoms with Crippen LogP contribution in [0.1, 0.15) is 12.5 Å². The van der Waals surface area contributed by atoms with Crippen LogP contribution in [0.25, 0.3) is 11.1 Å². The number of urea groups is 1. The van der Waals surface area contributed by atoms with Crippen molar-refractivity contribution in [1.29, 1.82) is 5.26 Å². The maximum atomic E-state index is 15.7. The number of anilines is 4. The maximum absolute atomic E-state index is 15.7. The molecule has 2 aromatic carbocycles. The van der Waals surface area contributed by atoms with E-state index in [4.69, 9.17) is 16.3 Å². The van der Waals surface area contributed by atoms with Gasteiger partial charge in [0.05, 0.1) is 35.6 Å². The van der Waals surface area contributed by atoms with E-state index in [0.29, 0.717) is 48.3 Å². The summed E-state index contributed by atoms with van der Waals surface area (Å²) in [6, 6.07) is 9.94. The number of nitriles is 1. The number of ether oxygens (including phenoxy) is 1. The van der Waals surface area contributed by atoms with Gasteiger partial charge >= 0.3 is 6.03 Å². The Hall–Kier alpha value is -3.78. The number of amides is 2. The summed E-state index contributed by atoms with van der Waals surface area (Å²) < 4.78 is 36.7. The van der Waals surface area contributed by atoms with Crippen molar-refractivity contribution in [3.05, 3.63) is 64.8 Å². The van der Waals surface area contributed by atoms with Gasteiger partial charge in [0.25, 0.3) is 0 Å². The van der Waals surface area contributed by atoms with Crippen LogP contribution in [0.15, 0.2) is 42.6 Å². The van der Waals surface area contributed by atoms with Gasteiger partial charge in [-0.25, -0.2) is 18.6 Å². The first-order valence-corrected chi connectivity index (χ1v) is 12.6. The van der Waals surface area contributed by atoms with E-state index in [1.807, 2.05) is 6.07 Å². The topological polar surface area (TPSA) is 84.7 Å². The van der Waals surface area contributed by atoms with Crippen LogP contribution in [0.3, 0.4) is 0 Å². The first kappa shape index (κ1) is 25.9. The highest BCUT2D eigenvalue weighted by Crippen LogP contribution is 2.45. The van der Waals surface area contributed by atoms with Crippen molar-refractivity contribution in [3.63, 3.8) is 0 Å². The molecule has 0 bridgehead atoms. The van der Waals surface area contributed by atoms with Crippen LogP contribution in [0.2, 0.25) is 5.02 Å². The van der Waals surface area contributed by atoms with Gasteiger partial charge in [0.15, 0.2) is 11.6 Å². The molecule has 5 rings (SSSR count). The molecular weight excluding hydrogens is 514 g/mol. The normalized spacial score (nSPS) is 15.5. The van der Waals surface area contributed by atoms with Gasteiger partial charge in [-0.05, 0) is 37.3 Å². The van der Waals surface area contributed by atoms with E-state index >= 15 is 8.78 Å². The number of nitrogens with zero attached hydrogens (tertiary/aromatic N) is 5. The molecule has 2 amide bonds. The molecule has 1 aromatic heterocycles. The van der Waals surface area contributed by atoms with Crippen LogP contribution in [-0.4, -0.2) is 61.9 Å². The lowest BCUT2D eigenvalue weighted by Crippen LogP contribution is -2.41. The Balaban J connectivity index is 1.56. The highest BCUT2D eigenvalue weighted by Gasteiger charge is 2.36. The molecule has 11 heteroatoms. The zero-order chi connectivity index (χ0) is 26.8. The number of pyridine rings is 1. The Bertz CT molecular complexity index is 1400. The number of morpholine rings is 1. The number of hydrogen-bond donors (Lipinski definition) is 1. The second kappa shape index (κ2) is 10.9. The van der Waals surface area contributed by atoms with Crippen molar-refractivity contribution in [3.8, 4) is 17.2 Å². The fourth-order valence-corrected chi connectivity index (χ4v) is 4.90. The van der Waals surface area contributed by atoms with Gasteiger partial charge in [-0.15, -0.1) is 0 Å². The molecule has 2 aliphatic rings. The minimum absolute atomic E-state index is 0.154. The standard InChI is InChI=1S/C27H25ClF2N6O2/c1-2-35-26-21(12-18(28)16-33-26)20-4-3-17(15-31)11-24(20)36(27(35)37)25-22(29)13-19(14-23(25)30)32-5-6-34-7-9-38-10-8-34/h3-4,11-14,16,32H,2,5-10H2,1H3. The first-order chi connectivity index (χ1) is 18.4. The third-order valence-electron chi connectivity index (χ3n) is 6.59. The van der Waals surface area contributed by atoms with Crippen LogP contribution in [-0.2, 0) is 4.74 Å². The van der Waals surface area contributed by atoms with E-state index in [-0.39, 0.29) is 23.5 Å². The highest BCUT2D eigenvalue weighted by molar-refractivity contribution is 6.31. The van der Waals surface area contributed by atoms with Crippen molar-refractivity contribution in [2.24, 2.45) is 0 Å². The molecule has 1 N–H and O–H groups in total. The Kier molecular flexibility index (Phi) is 7.42. The molecular formula is C27H25ClF2N6O2. The average molecular weight is 539 g/mol. The van der Waals surface area contributed by atoms with Crippen molar-refractivity contribution < 1.29 is 18.3 Å². The number of benzene rings is 2. The number of fused-ring (bicyclic) bond motifs is 3. The number of nitrogens with one attached hydrogen (secondary N) is 1. The summed E-state index contributed by atoms with van der Waals surface area (Å²) in [6.45, 7) is 6.04. The largest absolute Gasteiger partial charge is 0.384 e. The zero-order valence-electron chi connectivity index (χ0n) is 20.7. The first-order valence-electron chi connectivity index (χ1n) is 12.3. The molecule has 38 heavy (non-hydrogen) atoms. The molecule has 3 heterocycles. The molecule has 3 aromatic rings. The Morgan fingerprint density at radius 1 is 1.13 bits per heavy atom. The summed E-state index contributed by atoms with van der Waals surface area (Å²) >= 11 is 6.23. The van der Waals surface area contributed by atoms with Crippen molar-refractivity contribution in [2.75, 3.05) is 61.1 Å². The summed E-state index contributed by atoms with van der Waals surface area (Å²) in [4.78, 5) is 22.7. The Morgan fingerprint density at radius 2 is 1.87 bits per heavy atom. The number of hydrogen-bond acceptors (Lipinski definition) is 6. The average Bonchev–Trinajstić information content (AvgIpc) is 3.01. The minimum atomic E-state index is -0.923. The fourth-order valence-electron chi connectivity index (χ4n) is 4.74. The van der Waals surface area contributed by atoms with E-state index in [1.165, 1.54) is 29.3 Å². The molecule has 0 unspecified atom stereocenters. The summed E-state index contributed by atoms with van der Waals surface area (Å²) in [5.74, 6) is -1.54. The predicted octanol–water partition coefficient (Wildman–Crippen LogP) is 5.39. The van der Waals surface area contributed by atoms with Crippen LogP contribution in [0, 0.1) is 23.0 Å². The summed E-state index contributed by atoms with van der Waals surface area (Å²) in [7, 11) is 0. The van der Waals surface area contributed by atoms with Crippen LogP contribution < -0.4 is 15.1 Å². The number of carbonyl (C=O) groups is 1. The van der Waals surface area contributed by atoms with Crippen molar-refractivity contribution in [2.45, 2.75) is 6.92 Å². The van der Waals surface area contributed by atoms with E-state index in [9.17, 15) is 10.1 Å². The lowest BCUT2D eigenvalue weighted by atomic mass is 10.0. The molecule has 0 aliphatic carbocycles. The fraction of sp³-hybridized carbons (Fsp3) is 0.296. The lowest BCUT2D eigenvalue weighted by Gasteiger charge is -2.29. The number of carbonyl (C=O) groups excluding carboxylic acids is 1. The molecule has 0 radical (unpaired) electrons. The maximum Gasteiger partial charge on any atom is 0.334 e. The van der Waals surface area contributed by atoms with Gasteiger partial charge in [-0.2, -0.15) is 5.26 Å².